The van der Waals surface area contributed by atoms with Gasteiger partial charge in [0.2, 0.25) is 5.91 Å². The zero-order chi connectivity index (χ0) is 20.4. The lowest BCUT2D eigenvalue weighted by atomic mass is 10.1. The van der Waals surface area contributed by atoms with Crippen LogP contribution in [0.15, 0.2) is 36.4 Å². The van der Waals surface area contributed by atoms with Crippen LogP contribution < -0.4 is 4.90 Å². The van der Waals surface area contributed by atoms with Crippen LogP contribution in [-0.2, 0) is 11.3 Å². The number of carbonyl (C=O) groups excluding carboxylic acids is 1. The highest BCUT2D eigenvalue weighted by Gasteiger charge is 2.35. The smallest absolute Gasteiger partial charge is 0.225 e. The van der Waals surface area contributed by atoms with E-state index in [2.05, 4.69) is 0 Å². The molecule has 1 aliphatic rings. The van der Waals surface area contributed by atoms with Crippen molar-refractivity contribution in [3.63, 3.8) is 0 Å². The van der Waals surface area contributed by atoms with E-state index < -0.39 is 11.6 Å². The summed E-state index contributed by atoms with van der Waals surface area (Å²) >= 11 is 6.19. The standard InChI is InChI=1S/C21H20ClF2N3O/c1-13(2)26-12-18(9-21(26)28)27(11-15-7-16(23)4-6-20(15)24)17-5-3-14(10-25)19(22)8-17/h3-8,13,18H,9,11-12H2,1-2H3/t18-/m0/s1. The van der Waals surface area contributed by atoms with E-state index in [1.54, 1.807) is 23.1 Å². The van der Waals surface area contributed by atoms with Crippen molar-refractivity contribution >= 4 is 23.2 Å². The third-order valence-electron chi connectivity index (χ3n) is 4.96. The van der Waals surface area contributed by atoms with Gasteiger partial charge in [-0.05, 0) is 50.2 Å². The van der Waals surface area contributed by atoms with Gasteiger partial charge in [-0.1, -0.05) is 11.6 Å². The van der Waals surface area contributed by atoms with E-state index in [0.717, 1.165) is 18.2 Å². The first-order valence-corrected chi connectivity index (χ1v) is 9.37. The van der Waals surface area contributed by atoms with Gasteiger partial charge in [0.1, 0.15) is 17.7 Å². The summed E-state index contributed by atoms with van der Waals surface area (Å²) < 4.78 is 27.9. The molecule has 4 nitrogen and oxygen atoms in total. The van der Waals surface area contributed by atoms with Crippen molar-refractivity contribution in [1.29, 1.82) is 5.26 Å². The van der Waals surface area contributed by atoms with Gasteiger partial charge in [0.25, 0.3) is 0 Å². The quantitative estimate of drug-likeness (QED) is 0.738. The maximum atomic E-state index is 14.3. The Morgan fingerprint density at radius 3 is 2.64 bits per heavy atom. The van der Waals surface area contributed by atoms with Crippen LogP contribution in [-0.4, -0.2) is 29.4 Å². The Labute approximate surface area is 167 Å². The summed E-state index contributed by atoms with van der Waals surface area (Å²) in [7, 11) is 0. The number of benzene rings is 2. The lowest BCUT2D eigenvalue weighted by Crippen LogP contribution is -2.39. The molecule has 1 heterocycles. The van der Waals surface area contributed by atoms with Crippen LogP contribution in [0.5, 0.6) is 0 Å². The Kier molecular flexibility index (Phi) is 5.85. The molecule has 0 aromatic heterocycles. The van der Waals surface area contributed by atoms with E-state index in [9.17, 15) is 13.6 Å². The molecule has 0 N–H and O–H groups in total. The summed E-state index contributed by atoms with van der Waals surface area (Å²) in [4.78, 5) is 16.0. The van der Waals surface area contributed by atoms with Crippen LogP contribution in [0, 0.1) is 23.0 Å². The molecule has 28 heavy (non-hydrogen) atoms. The molecule has 0 radical (unpaired) electrons. The largest absolute Gasteiger partial charge is 0.362 e. The van der Waals surface area contributed by atoms with Gasteiger partial charge < -0.3 is 9.80 Å². The van der Waals surface area contributed by atoms with Gasteiger partial charge in [-0.2, -0.15) is 5.26 Å². The van der Waals surface area contributed by atoms with Crippen molar-refractivity contribution in [2.24, 2.45) is 0 Å². The molecular weight excluding hydrogens is 384 g/mol. The number of rotatable bonds is 5. The van der Waals surface area contributed by atoms with Crippen molar-refractivity contribution in [1.82, 2.24) is 4.90 Å². The van der Waals surface area contributed by atoms with E-state index in [0.29, 0.717) is 17.8 Å². The molecule has 1 atom stereocenters. The second-order valence-electron chi connectivity index (χ2n) is 7.14. The molecule has 146 valence electrons. The number of carbonyl (C=O) groups is 1. The van der Waals surface area contributed by atoms with Gasteiger partial charge in [-0.15, -0.1) is 0 Å². The summed E-state index contributed by atoms with van der Waals surface area (Å²) in [5.74, 6) is -1.03. The molecule has 0 bridgehead atoms. The van der Waals surface area contributed by atoms with Gasteiger partial charge >= 0.3 is 0 Å². The minimum atomic E-state index is -0.527. The maximum absolute atomic E-state index is 14.3. The highest BCUT2D eigenvalue weighted by atomic mass is 35.5. The molecule has 1 aliphatic heterocycles. The number of anilines is 1. The van der Waals surface area contributed by atoms with Crippen LogP contribution in [0.25, 0.3) is 0 Å². The van der Waals surface area contributed by atoms with Crippen LogP contribution >= 0.6 is 11.6 Å². The molecule has 1 amide bonds. The van der Waals surface area contributed by atoms with Crippen LogP contribution in [0.4, 0.5) is 14.5 Å². The summed E-state index contributed by atoms with van der Waals surface area (Å²) in [5, 5.41) is 9.37. The van der Waals surface area contributed by atoms with Crippen LogP contribution in [0.1, 0.15) is 31.4 Å². The Morgan fingerprint density at radius 2 is 2.04 bits per heavy atom. The molecule has 0 unspecified atom stereocenters. The number of hydrogen-bond donors (Lipinski definition) is 0. The summed E-state index contributed by atoms with van der Waals surface area (Å²) in [5.41, 5.74) is 1.17. The van der Waals surface area contributed by atoms with Crippen molar-refractivity contribution < 1.29 is 13.6 Å². The minimum absolute atomic E-state index is 0.0180. The molecule has 2 aromatic carbocycles. The number of amides is 1. The Morgan fingerprint density at radius 1 is 1.29 bits per heavy atom. The molecular formula is C21H20ClF2N3O. The molecule has 0 spiro atoms. The SMILES string of the molecule is CC(C)N1C[C@@H](N(Cc2cc(F)ccc2F)c2ccc(C#N)c(Cl)c2)CC1=O. The monoisotopic (exact) mass is 403 g/mol. The van der Waals surface area contributed by atoms with Crippen LogP contribution in [0.3, 0.4) is 0 Å². The number of likely N-dealkylation sites (tertiary alicyclic amines) is 1. The van der Waals surface area contributed by atoms with Gasteiger partial charge in [0.05, 0.1) is 16.6 Å². The van der Waals surface area contributed by atoms with Crippen molar-refractivity contribution in [2.75, 3.05) is 11.4 Å². The fourth-order valence-electron chi connectivity index (χ4n) is 3.47. The first-order chi connectivity index (χ1) is 13.3. The number of nitriles is 1. The second-order valence-corrected chi connectivity index (χ2v) is 7.54. The normalized spacial score (nSPS) is 16.5. The van der Waals surface area contributed by atoms with E-state index >= 15 is 0 Å². The Bertz CT molecular complexity index is 942. The lowest BCUT2D eigenvalue weighted by molar-refractivity contribution is -0.129. The highest BCUT2D eigenvalue weighted by molar-refractivity contribution is 6.32. The average molecular weight is 404 g/mol. The minimum Gasteiger partial charge on any atom is -0.362 e. The average Bonchev–Trinajstić information content (AvgIpc) is 3.04. The first kappa shape index (κ1) is 20.1. The predicted octanol–water partition coefficient (Wildman–Crippen LogP) is 4.51. The Balaban J connectivity index is 1.99. The molecule has 2 aromatic rings. The lowest BCUT2D eigenvalue weighted by Gasteiger charge is -2.32. The molecule has 0 aliphatic carbocycles. The van der Waals surface area contributed by atoms with Gasteiger partial charge in [-0.3, -0.25) is 4.79 Å². The van der Waals surface area contributed by atoms with Crippen LogP contribution in [0.2, 0.25) is 5.02 Å². The van der Waals surface area contributed by atoms with Gasteiger partial charge in [0, 0.05) is 36.8 Å². The summed E-state index contributed by atoms with van der Waals surface area (Å²) in [6.45, 7) is 4.44. The van der Waals surface area contributed by atoms with E-state index in [1.165, 1.54) is 0 Å². The number of nitrogens with zero attached hydrogens (tertiary/aromatic N) is 3. The summed E-state index contributed by atoms with van der Waals surface area (Å²) in [6.07, 6.45) is 0.271. The van der Waals surface area contributed by atoms with Crippen molar-refractivity contribution in [3.05, 3.63) is 64.2 Å². The molecule has 7 heteroatoms. The third kappa shape index (κ3) is 4.10. The molecule has 3 rings (SSSR count). The van der Waals surface area contributed by atoms with E-state index in [-0.39, 0.29) is 41.5 Å². The first-order valence-electron chi connectivity index (χ1n) is 9.00. The second kappa shape index (κ2) is 8.15. The fourth-order valence-corrected chi connectivity index (χ4v) is 3.69. The third-order valence-corrected chi connectivity index (χ3v) is 5.27. The molecule has 0 saturated carbocycles. The number of hydrogen-bond acceptors (Lipinski definition) is 3. The Hall–Kier alpha value is -2.65. The summed E-state index contributed by atoms with van der Waals surface area (Å²) in [6, 6.07) is 10.1. The predicted molar refractivity (Wildman–Crippen MR) is 104 cm³/mol. The molecule has 1 fully saturated rings. The topological polar surface area (TPSA) is 47.3 Å². The zero-order valence-corrected chi connectivity index (χ0v) is 16.4. The molecule has 1 saturated heterocycles. The van der Waals surface area contributed by atoms with Gasteiger partial charge in [-0.25, -0.2) is 8.78 Å². The fraction of sp³-hybridized carbons (Fsp3) is 0.333. The maximum Gasteiger partial charge on any atom is 0.225 e. The van der Waals surface area contributed by atoms with Crippen molar-refractivity contribution in [2.45, 2.75) is 38.9 Å². The van der Waals surface area contributed by atoms with Gasteiger partial charge in [0.15, 0.2) is 0 Å². The zero-order valence-electron chi connectivity index (χ0n) is 15.6. The number of halogens is 3. The van der Waals surface area contributed by atoms with E-state index in [1.807, 2.05) is 24.8 Å². The highest BCUT2D eigenvalue weighted by Crippen LogP contribution is 2.30. The van der Waals surface area contributed by atoms with E-state index in [4.69, 9.17) is 16.9 Å². The van der Waals surface area contributed by atoms with Crippen molar-refractivity contribution in [3.8, 4) is 6.07 Å².